The van der Waals surface area contributed by atoms with Gasteiger partial charge in [-0.05, 0) is 17.0 Å². The second-order valence-electron chi connectivity index (χ2n) is 4.01. The van der Waals surface area contributed by atoms with Crippen molar-refractivity contribution in [3.8, 4) is 0 Å². The number of rotatable bonds is 4. The third-order valence-corrected chi connectivity index (χ3v) is 2.46. The van der Waals surface area contributed by atoms with Crippen LogP contribution in [-0.4, -0.2) is 22.4 Å². The number of aliphatic hydroxyl groups is 1. The van der Waals surface area contributed by atoms with Crippen molar-refractivity contribution in [3.05, 3.63) is 35.4 Å². The number of halogens is 1. The van der Waals surface area contributed by atoms with E-state index in [1.54, 1.807) is 24.3 Å². The van der Waals surface area contributed by atoms with Crippen molar-refractivity contribution >= 4 is 5.97 Å². The predicted molar refractivity (Wildman–Crippen MR) is 58.0 cm³/mol. The number of aliphatic hydroxyl groups excluding tert-OH is 1. The summed E-state index contributed by atoms with van der Waals surface area (Å²) in [5, 5.41) is 17.9. The molecule has 0 radical (unpaired) electrons. The minimum atomic E-state index is -2.29. The van der Waals surface area contributed by atoms with E-state index in [-0.39, 0.29) is 5.56 Å². The molecule has 2 unspecified atom stereocenters. The molecule has 0 aromatic heterocycles. The fourth-order valence-corrected chi connectivity index (χ4v) is 1.38. The van der Waals surface area contributed by atoms with E-state index in [2.05, 4.69) is 0 Å². The Balaban J connectivity index is 2.85. The molecule has 1 aromatic rings. The Hall–Kier alpha value is -1.42. The molecule has 0 saturated carbocycles. The Kier molecular flexibility index (Phi) is 4.01. The molecule has 0 amide bonds. The Bertz CT molecular complexity index is 359. The van der Waals surface area contributed by atoms with Crippen LogP contribution in [0.4, 0.5) is 4.39 Å². The van der Waals surface area contributed by atoms with Crippen LogP contribution in [0.15, 0.2) is 24.3 Å². The fraction of sp³-hybridized carbons (Fsp3) is 0.417. The summed E-state index contributed by atoms with van der Waals surface area (Å²) in [5.41, 5.74) is 1.33. The molecule has 4 heteroatoms. The highest BCUT2D eigenvalue weighted by atomic mass is 19.1. The highest BCUT2D eigenvalue weighted by Crippen LogP contribution is 2.22. The molecular weight excluding hydrogens is 211 g/mol. The zero-order valence-corrected chi connectivity index (χ0v) is 9.22. The van der Waals surface area contributed by atoms with Gasteiger partial charge in [-0.25, -0.2) is 9.18 Å². The second kappa shape index (κ2) is 5.07. The van der Waals surface area contributed by atoms with Gasteiger partial charge in [0, 0.05) is 0 Å². The van der Waals surface area contributed by atoms with Gasteiger partial charge in [0.2, 0.25) is 6.17 Å². The van der Waals surface area contributed by atoms with Crippen LogP contribution < -0.4 is 0 Å². The highest BCUT2D eigenvalue weighted by molar-refractivity contribution is 5.73. The molecule has 16 heavy (non-hydrogen) atoms. The van der Waals surface area contributed by atoms with Crippen molar-refractivity contribution < 1.29 is 19.4 Å². The van der Waals surface area contributed by atoms with Gasteiger partial charge in [-0.1, -0.05) is 38.1 Å². The van der Waals surface area contributed by atoms with E-state index in [9.17, 15) is 14.3 Å². The lowest BCUT2D eigenvalue weighted by Gasteiger charge is -2.13. The van der Waals surface area contributed by atoms with Gasteiger partial charge in [0.15, 0.2) is 0 Å². The number of alkyl halides is 1. The van der Waals surface area contributed by atoms with E-state index in [1.165, 1.54) is 0 Å². The molecular formula is C12H15FO3. The Morgan fingerprint density at radius 2 is 1.62 bits per heavy atom. The maximum Gasteiger partial charge on any atom is 0.341 e. The van der Waals surface area contributed by atoms with Crippen LogP contribution >= 0.6 is 0 Å². The van der Waals surface area contributed by atoms with Gasteiger partial charge in [0.05, 0.1) is 0 Å². The molecule has 0 spiro atoms. The number of hydrogen-bond donors (Lipinski definition) is 2. The number of benzene rings is 1. The number of hydrogen-bond acceptors (Lipinski definition) is 2. The molecule has 0 aliphatic rings. The molecule has 0 aliphatic carbocycles. The molecule has 0 heterocycles. The molecule has 3 nitrogen and oxygen atoms in total. The maximum atomic E-state index is 13.0. The number of aliphatic carboxylic acids is 1. The molecule has 2 N–H and O–H groups in total. The minimum absolute atomic E-state index is 0.277. The Morgan fingerprint density at radius 1 is 1.19 bits per heavy atom. The Morgan fingerprint density at radius 3 is 2.00 bits per heavy atom. The van der Waals surface area contributed by atoms with Gasteiger partial charge >= 0.3 is 5.97 Å². The number of carboxylic acid groups (broad SMARTS) is 1. The average molecular weight is 226 g/mol. The quantitative estimate of drug-likeness (QED) is 0.828. The van der Waals surface area contributed by atoms with Crippen LogP contribution in [0.25, 0.3) is 0 Å². The molecule has 0 aliphatic heterocycles. The third kappa shape index (κ3) is 2.79. The van der Waals surface area contributed by atoms with Crippen LogP contribution in [0.5, 0.6) is 0 Å². The number of carbonyl (C=O) groups is 1. The van der Waals surface area contributed by atoms with Crippen molar-refractivity contribution in [1.82, 2.24) is 0 Å². The minimum Gasteiger partial charge on any atom is -0.479 e. The predicted octanol–water partition coefficient (Wildman–Crippen LogP) is 2.27. The summed E-state index contributed by atoms with van der Waals surface area (Å²) >= 11 is 0. The van der Waals surface area contributed by atoms with E-state index in [0.29, 0.717) is 5.92 Å². The lowest BCUT2D eigenvalue weighted by molar-refractivity contribution is -0.147. The first-order chi connectivity index (χ1) is 7.43. The maximum absolute atomic E-state index is 13.0. The van der Waals surface area contributed by atoms with Crippen molar-refractivity contribution in [3.63, 3.8) is 0 Å². The first kappa shape index (κ1) is 12.6. The highest BCUT2D eigenvalue weighted by Gasteiger charge is 2.27. The summed E-state index contributed by atoms with van der Waals surface area (Å²) in [6, 6.07) is 6.63. The first-order valence-corrected chi connectivity index (χ1v) is 5.08. The standard InChI is InChI=1S/C12H15FO3/c1-7(2)8-3-5-9(6-4-8)11(14)10(13)12(15)16/h3-7,10-11,14H,1-2H3,(H,15,16). The zero-order valence-electron chi connectivity index (χ0n) is 9.22. The first-order valence-electron chi connectivity index (χ1n) is 5.08. The van der Waals surface area contributed by atoms with Crippen molar-refractivity contribution in [2.75, 3.05) is 0 Å². The van der Waals surface area contributed by atoms with Crippen LogP contribution in [0, 0.1) is 0 Å². The van der Waals surface area contributed by atoms with Gasteiger partial charge in [-0.2, -0.15) is 0 Å². The summed E-state index contributed by atoms with van der Waals surface area (Å²) in [6.45, 7) is 4.03. The summed E-state index contributed by atoms with van der Waals surface area (Å²) < 4.78 is 13.0. The molecule has 1 rings (SSSR count). The normalized spacial score (nSPS) is 14.8. The second-order valence-corrected chi connectivity index (χ2v) is 4.01. The molecule has 0 bridgehead atoms. The molecule has 0 saturated heterocycles. The third-order valence-electron chi connectivity index (χ3n) is 2.46. The summed E-state index contributed by atoms with van der Waals surface area (Å²) in [7, 11) is 0. The lowest BCUT2D eigenvalue weighted by atomic mass is 9.98. The monoisotopic (exact) mass is 226 g/mol. The smallest absolute Gasteiger partial charge is 0.341 e. The average Bonchev–Trinajstić information content (AvgIpc) is 2.27. The van der Waals surface area contributed by atoms with Gasteiger partial charge in [0.1, 0.15) is 6.10 Å². The van der Waals surface area contributed by atoms with Crippen LogP contribution in [0.3, 0.4) is 0 Å². The zero-order chi connectivity index (χ0) is 12.3. The van der Waals surface area contributed by atoms with E-state index in [0.717, 1.165) is 5.56 Å². The van der Waals surface area contributed by atoms with Crippen LogP contribution in [0.2, 0.25) is 0 Å². The Labute approximate surface area is 93.5 Å². The van der Waals surface area contributed by atoms with Crippen LogP contribution in [0.1, 0.15) is 37.0 Å². The van der Waals surface area contributed by atoms with E-state index in [1.807, 2.05) is 13.8 Å². The summed E-state index contributed by atoms with van der Waals surface area (Å²) in [6.07, 6.45) is -3.90. The van der Waals surface area contributed by atoms with Gasteiger partial charge in [0.25, 0.3) is 0 Å². The lowest BCUT2D eigenvalue weighted by Crippen LogP contribution is -2.23. The fourth-order valence-electron chi connectivity index (χ4n) is 1.38. The van der Waals surface area contributed by atoms with Crippen molar-refractivity contribution in [2.45, 2.75) is 32.0 Å². The van der Waals surface area contributed by atoms with Gasteiger partial charge < -0.3 is 10.2 Å². The molecule has 2 atom stereocenters. The van der Waals surface area contributed by atoms with E-state index >= 15 is 0 Å². The van der Waals surface area contributed by atoms with Gasteiger partial charge in [-0.15, -0.1) is 0 Å². The SMILES string of the molecule is CC(C)c1ccc(C(O)C(F)C(=O)O)cc1. The molecule has 88 valence electrons. The number of carboxylic acids is 1. The molecule has 1 aromatic carbocycles. The van der Waals surface area contributed by atoms with E-state index < -0.39 is 18.2 Å². The summed E-state index contributed by atoms with van der Waals surface area (Å²) in [4.78, 5) is 10.4. The topological polar surface area (TPSA) is 57.5 Å². The summed E-state index contributed by atoms with van der Waals surface area (Å²) in [5.74, 6) is -1.31. The molecule has 0 fully saturated rings. The largest absolute Gasteiger partial charge is 0.479 e. The van der Waals surface area contributed by atoms with Crippen LogP contribution in [-0.2, 0) is 4.79 Å². The van der Waals surface area contributed by atoms with Crippen molar-refractivity contribution in [2.24, 2.45) is 0 Å². The van der Waals surface area contributed by atoms with E-state index in [4.69, 9.17) is 5.11 Å². The van der Waals surface area contributed by atoms with Gasteiger partial charge in [-0.3, -0.25) is 0 Å². The van der Waals surface area contributed by atoms with Crippen molar-refractivity contribution in [1.29, 1.82) is 0 Å².